The topological polar surface area (TPSA) is 35.2 Å². The maximum Gasteiger partial charge on any atom is 0.122 e. The molecule has 0 saturated carbocycles. The van der Waals surface area contributed by atoms with E-state index in [4.69, 9.17) is 10.5 Å². The second-order valence-electron chi connectivity index (χ2n) is 5.31. The van der Waals surface area contributed by atoms with Crippen molar-refractivity contribution < 1.29 is 4.74 Å². The highest BCUT2D eigenvalue weighted by atomic mass is 16.5. The Morgan fingerprint density at radius 2 is 1.75 bits per heavy atom. The molecule has 2 N–H and O–H groups in total. The monoisotopic (exact) mass is 269 g/mol. The number of hydrogen-bond donors (Lipinski definition) is 1. The van der Waals surface area contributed by atoms with Crippen LogP contribution in [0.15, 0.2) is 42.5 Å². The summed E-state index contributed by atoms with van der Waals surface area (Å²) in [6.07, 6.45) is 1.96. The summed E-state index contributed by atoms with van der Waals surface area (Å²) in [5, 5.41) is 0. The molecular weight excluding hydrogens is 246 g/mol. The molecule has 2 aromatic carbocycles. The number of rotatable bonds is 5. The Balaban J connectivity index is 2.09. The molecule has 2 nitrogen and oxygen atoms in total. The van der Waals surface area contributed by atoms with Crippen LogP contribution in [0.2, 0.25) is 0 Å². The lowest BCUT2D eigenvalue weighted by Crippen LogP contribution is -2.13. The third-order valence-corrected chi connectivity index (χ3v) is 3.77. The average Bonchev–Trinajstić information content (AvgIpc) is 2.47. The Hall–Kier alpha value is -1.80. The lowest BCUT2D eigenvalue weighted by atomic mass is 9.94. The van der Waals surface area contributed by atoms with Gasteiger partial charge in [-0.05, 0) is 55.0 Å². The van der Waals surface area contributed by atoms with Crippen molar-refractivity contribution in [3.63, 3.8) is 0 Å². The van der Waals surface area contributed by atoms with E-state index in [1.807, 2.05) is 6.07 Å². The summed E-state index contributed by atoms with van der Waals surface area (Å²) in [6, 6.07) is 14.8. The smallest absolute Gasteiger partial charge is 0.122 e. The number of methoxy groups -OCH3 is 1. The van der Waals surface area contributed by atoms with Crippen molar-refractivity contribution in [2.75, 3.05) is 7.11 Å². The van der Waals surface area contributed by atoms with Gasteiger partial charge in [-0.1, -0.05) is 36.4 Å². The molecule has 2 aromatic rings. The molecule has 2 rings (SSSR count). The summed E-state index contributed by atoms with van der Waals surface area (Å²) in [6.45, 7) is 4.16. The molecule has 106 valence electrons. The van der Waals surface area contributed by atoms with Gasteiger partial charge in [0.05, 0.1) is 7.11 Å². The Labute approximate surface area is 121 Å². The Bertz CT molecular complexity index is 563. The van der Waals surface area contributed by atoms with Gasteiger partial charge in [0, 0.05) is 6.04 Å². The van der Waals surface area contributed by atoms with Crippen LogP contribution in [0.1, 0.15) is 34.7 Å². The zero-order chi connectivity index (χ0) is 14.5. The highest BCUT2D eigenvalue weighted by Gasteiger charge is 2.12. The number of aryl methyl sites for hydroxylation is 3. The molecule has 20 heavy (non-hydrogen) atoms. The quantitative estimate of drug-likeness (QED) is 0.892. The molecule has 0 aliphatic heterocycles. The molecule has 0 fully saturated rings. The number of ether oxygens (including phenoxy) is 1. The van der Waals surface area contributed by atoms with Gasteiger partial charge in [0.2, 0.25) is 0 Å². The Kier molecular flexibility index (Phi) is 4.80. The molecule has 0 aromatic heterocycles. The number of benzene rings is 2. The maximum absolute atomic E-state index is 6.36. The molecule has 1 unspecified atom stereocenters. The standard InChI is InChI=1S/C18H23NO/c1-13-12-18(20-3)14(2)11-16(13)17(19)10-9-15-7-5-4-6-8-15/h4-8,11-12,17H,9-10,19H2,1-3H3. The van der Waals surface area contributed by atoms with Crippen molar-refractivity contribution >= 4 is 0 Å². The zero-order valence-electron chi connectivity index (χ0n) is 12.5. The highest BCUT2D eigenvalue weighted by molar-refractivity contribution is 5.42. The maximum atomic E-state index is 6.36. The molecule has 0 amide bonds. The minimum absolute atomic E-state index is 0.0693. The summed E-state index contributed by atoms with van der Waals surface area (Å²) >= 11 is 0. The Morgan fingerprint density at radius 1 is 1.05 bits per heavy atom. The SMILES string of the molecule is COc1cc(C)c(C(N)CCc2ccccc2)cc1C. The second kappa shape index (κ2) is 6.58. The minimum atomic E-state index is 0.0693. The van der Waals surface area contributed by atoms with Crippen LogP contribution in [-0.2, 0) is 6.42 Å². The molecule has 0 radical (unpaired) electrons. The number of nitrogens with two attached hydrogens (primary N) is 1. The Morgan fingerprint density at radius 3 is 2.40 bits per heavy atom. The van der Waals surface area contributed by atoms with Crippen molar-refractivity contribution in [3.8, 4) is 5.75 Å². The normalized spacial score (nSPS) is 12.2. The first-order valence-electron chi connectivity index (χ1n) is 7.06. The van der Waals surface area contributed by atoms with E-state index in [9.17, 15) is 0 Å². The van der Waals surface area contributed by atoms with E-state index >= 15 is 0 Å². The lowest BCUT2D eigenvalue weighted by molar-refractivity contribution is 0.411. The van der Waals surface area contributed by atoms with Crippen molar-refractivity contribution in [3.05, 3.63) is 64.7 Å². The molecule has 1 atom stereocenters. The molecule has 0 aliphatic rings. The van der Waals surface area contributed by atoms with Crippen molar-refractivity contribution in [2.45, 2.75) is 32.7 Å². The van der Waals surface area contributed by atoms with Crippen LogP contribution in [0.4, 0.5) is 0 Å². The molecule has 0 spiro atoms. The van der Waals surface area contributed by atoms with Crippen LogP contribution in [0, 0.1) is 13.8 Å². The average molecular weight is 269 g/mol. The van der Waals surface area contributed by atoms with Crippen molar-refractivity contribution in [2.24, 2.45) is 5.73 Å². The van der Waals surface area contributed by atoms with Gasteiger partial charge in [-0.2, -0.15) is 0 Å². The summed E-state index contributed by atoms with van der Waals surface area (Å²) in [5.41, 5.74) is 11.3. The van der Waals surface area contributed by atoms with Crippen molar-refractivity contribution in [1.29, 1.82) is 0 Å². The van der Waals surface area contributed by atoms with Crippen LogP contribution in [0.5, 0.6) is 5.75 Å². The van der Waals surface area contributed by atoms with Gasteiger partial charge >= 0.3 is 0 Å². The van der Waals surface area contributed by atoms with Crippen LogP contribution >= 0.6 is 0 Å². The summed E-state index contributed by atoms with van der Waals surface area (Å²) in [7, 11) is 1.71. The predicted octanol–water partition coefficient (Wildman–Crippen LogP) is 3.94. The van der Waals surface area contributed by atoms with Gasteiger partial charge in [-0.3, -0.25) is 0 Å². The van der Waals surface area contributed by atoms with Gasteiger partial charge in [0.25, 0.3) is 0 Å². The first-order chi connectivity index (χ1) is 9.61. The summed E-state index contributed by atoms with van der Waals surface area (Å²) in [5.74, 6) is 0.932. The molecule has 0 saturated heterocycles. The molecule has 0 aliphatic carbocycles. The third-order valence-electron chi connectivity index (χ3n) is 3.77. The van der Waals surface area contributed by atoms with Gasteiger partial charge in [0.1, 0.15) is 5.75 Å². The van der Waals surface area contributed by atoms with E-state index in [1.165, 1.54) is 16.7 Å². The fourth-order valence-electron chi connectivity index (χ4n) is 2.55. The van der Waals surface area contributed by atoms with Crippen LogP contribution in [0.25, 0.3) is 0 Å². The van der Waals surface area contributed by atoms with Gasteiger partial charge in [-0.15, -0.1) is 0 Å². The van der Waals surface area contributed by atoms with E-state index in [2.05, 4.69) is 50.2 Å². The molecule has 0 bridgehead atoms. The first-order valence-corrected chi connectivity index (χ1v) is 7.06. The van der Waals surface area contributed by atoms with E-state index in [-0.39, 0.29) is 6.04 Å². The van der Waals surface area contributed by atoms with Gasteiger partial charge < -0.3 is 10.5 Å². The summed E-state index contributed by atoms with van der Waals surface area (Å²) in [4.78, 5) is 0. The van der Waals surface area contributed by atoms with Crippen LogP contribution in [-0.4, -0.2) is 7.11 Å². The fraction of sp³-hybridized carbons (Fsp3) is 0.333. The third kappa shape index (κ3) is 3.40. The van der Waals surface area contributed by atoms with Crippen LogP contribution < -0.4 is 10.5 Å². The van der Waals surface area contributed by atoms with E-state index in [0.29, 0.717) is 0 Å². The van der Waals surface area contributed by atoms with Crippen LogP contribution in [0.3, 0.4) is 0 Å². The van der Waals surface area contributed by atoms with Gasteiger partial charge in [0.15, 0.2) is 0 Å². The highest BCUT2D eigenvalue weighted by Crippen LogP contribution is 2.27. The largest absolute Gasteiger partial charge is 0.496 e. The number of hydrogen-bond acceptors (Lipinski definition) is 2. The first kappa shape index (κ1) is 14.6. The molecular formula is C18H23NO. The zero-order valence-corrected chi connectivity index (χ0v) is 12.5. The minimum Gasteiger partial charge on any atom is -0.496 e. The fourth-order valence-corrected chi connectivity index (χ4v) is 2.55. The molecule has 0 heterocycles. The van der Waals surface area contributed by atoms with E-state index in [1.54, 1.807) is 7.11 Å². The molecule has 2 heteroatoms. The predicted molar refractivity (Wildman–Crippen MR) is 84.2 cm³/mol. The second-order valence-corrected chi connectivity index (χ2v) is 5.31. The lowest BCUT2D eigenvalue weighted by Gasteiger charge is -2.17. The van der Waals surface area contributed by atoms with Crippen molar-refractivity contribution in [1.82, 2.24) is 0 Å². The summed E-state index contributed by atoms with van der Waals surface area (Å²) < 4.78 is 5.35. The van der Waals surface area contributed by atoms with E-state index < -0.39 is 0 Å². The van der Waals surface area contributed by atoms with E-state index in [0.717, 1.165) is 24.2 Å². The van der Waals surface area contributed by atoms with Gasteiger partial charge in [-0.25, -0.2) is 0 Å².